The highest BCUT2D eigenvalue weighted by Crippen LogP contribution is 2.23. The van der Waals surface area contributed by atoms with Crippen LogP contribution >= 0.6 is 0 Å². The number of aromatic carboxylic acids is 1. The van der Waals surface area contributed by atoms with Gasteiger partial charge in [-0.05, 0) is 18.1 Å². The number of fused-ring (bicyclic) bond motifs is 1. The zero-order valence-electron chi connectivity index (χ0n) is 9.77. The summed E-state index contributed by atoms with van der Waals surface area (Å²) >= 11 is 0. The van der Waals surface area contributed by atoms with Crippen LogP contribution in [0.2, 0.25) is 0 Å². The predicted molar refractivity (Wildman–Crippen MR) is 63.7 cm³/mol. The first kappa shape index (κ1) is 11.6. The van der Waals surface area contributed by atoms with Crippen molar-refractivity contribution in [1.29, 1.82) is 0 Å². The molecule has 0 aliphatic carbocycles. The quantitative estimate of drug-likeness (QED) is 0.888. The Balaban J connectivity index is 2.64. The van der Waals surface area contributed by atoms with Crippen molar-refractivity contribution >= 4 is 16.9 Å². The van der Waals surface area contributed by atoms with Crippen molar-refractivity contribution in [2.75, 3.05) is 0 Å². The van der Waals surface area contributed by atoms with Crippen molar-refractivity contribution in [3.63, 3.8) is 0 Å². The monoisotopic (exact) mass is 235 g/mol. The molecule has 0 unspecified atom stereocenters. The van der Waals surface area contributed by atoms with Gasteiger partial charge in [-0.1, -0.05) is 19.9 Å². The number of benzene rings is 1. The summed E-state index contributed by atoms with van der Waals surface area (Å²) in [6.07, 6.45) is 1.79. The Morgan fingerprint density at radius 2 is 2.12 bits per heavy atom. The van der Waals surface area contributed by atoms with E-state index in [9.17, 15) is 9.18 Å². The Morgan fingerprint density at radius 3 is 2.71 bits per heavy atom. The number of carboxylic acids is 1. The third kappa shape index (κ3) is 2.02. The topological polar surface area (TPSA) is 42.2 Å². The Morgan fingerprint density at radius 1 is 1.41 bits per heavy atom. The summed E-state index contributed by atoms with van der Waals surface area (Å²) in [7, 11) is 0. The number of hydrogen-bond acceptors (Lipinski definition) is 1. The van der Waals surface area contributed by atoms with Crippen molar-refractivity contribution in [2.45, 2.75) is 20.4 Å². The molecule has 2 rings (SSSR count). The molecule has 4 heteroatoms. The Hall–Kier alpha value is -1.84. The summed E-state index contributed by atoms with van der Waals surface area (Å²) in [6, 6.07) is 4.74. The number of aromatic nitrogens is 1. The van der Waals surface area contributed by atoms with Gasteiger partial charge >= 0.3 is 5.97 Å². The van der Waals surface area contributed by atoms with Gasteiger partial charge in [0.05, 0.1) is 11.1 Å². The number of carboxylic acid groups (broad SMARTS) is 1. The third-order valence-electron chi connectivity index (χ3n) is 2.66. The second-order valence-electron chi connectivity index (χ2n) is 4.53. The highest BCUT2D eigenvalue weighted by Gasteiger charge is 2.16. The molecule has 0 fully saturated rings. The summed E-state index contributed by atoms with van der Waals surface area (Å²) in [4.78, 5) is 10.9. The van der Waals surface area contributed by atoms with Crippen LogP contribution in [0.25, 0.3) is 10.9 Å². The number of halogens is 1. The number of nitrogens with zero attached hydrogens (tertiary/aromatic N) is 1. The molecule has 1 aromatic carbocycles. The van der Waals surface area contributed by atoms with Gasteiger partial charge in [0.15, 0.2) is 5.82 Å². The molecular weight excluding hydrogens is 221 g/mol. The van der Waals surface area contributed by atoms with E-state index in [1.807, 2.05) is 13.8 Å². The van der Waals surface area contributed by atoms with E-state index in [0.717, 1.165) is 5.39 Å². The van der Waals surface area contributed by atoms with Crippen LogP contribution in [0.1, 0.15) is 24.2 Å². The van der Waals surface area contributed by atoms with Crippen LogP contribution in [-0.4, -0.2) is 15.6 Å². The minimum Gasteiger partial charge on any atom is -0.478 e. The third-order valence-corrected chi connectivity index (χ3v) is 2.66. The zero-order chi connectivity index (χ0) is 12.6. The van der Waals surface area contributed by atoms with Crippen LogP contribution in [0.5, 0.6) is 0 Å². The first-order chi connectivity index (χ1) is 8.00. The zero-order valence-corrected chi connectivity index (χ0v) is 9.77. The summed E-state index contributed by atoms with van der Waals surface area (Å²) < 4.78 is 15.8. The molecule has 0 saturated carbocycles. The molecule has 0 aliphatic heterocycles. The second-order valence-corrected chi connectivity index (χ2v) is 4.53. The minimum atomic E-state index is -1.23. The van der Waals surface area contributed by atoms with Gasteiger partial charge in [0.2, 0.25) is 0 Å². The van der Waals surface area contributed by atoms with Gasteiger partial charge in [-0.2, -0.15) is 0 Å². The van der Waals surface area contributed by atoms with Crippen molar-refractivity contribution in [1.82, 2.24) is 4.57 Å². The molecule has 90 valence electrons. The normalized spacial score (nSPS) is 11.3. The van der Waals surface area contributed by atoms with E-state index in [1.165, 1.54) is 6.07 Å². The van der Waals surface area contributed by atoms with Crippen LogP contribution in [0, 0.1) is 11.7 Å². The maximum absolute atomic E-state index is 14.1. The van der Waals surface area contributed by atoms with Crippen LogP contribution in [0.15, 0.2) is 24.4 Å². The molecule has 0 bridgehead atoms. The summed E-state index contributed by atoms with van der Waals surface area (Å²) in [5, 5.41) is 9.62. The fourth-order valence-electron chi connectivity index (χ4n) is 1.96. The number of rotatable bonds is 3. The highest BCUT2D eigenvalue weighted by molar-refractivity contribution is 5.94. The maximum atomic E-state index is 14.1. The molecule has 3 nitrogen and oxygen atoms in total. The first-order valence-corrected chi connectivity index (χ1v) is 5.51. The molecule has 0 atom stereocenters. The molecule has 2 aromatic rings. The van der Waals surface area contributed by atoms with Crippen molar-refractivity contribution in [3.8, 4) is 0 Å². The maximum Gasteiger partial charge on any atom is 0.338 e. The van der Waals surface area contributed by atoms with Crippen molar-refractivity contribution < 1.29 is 14.3 Å². The SMILES string of the molecule is CC(C)Cn1ccc2ccc(C(=O)O)c(F)c21. The Kier molecular flexibility index (Phi) is 2.88. The van der Waals surface area contributed by atoms with Gasteiger partial charge < -0.3 is 9.67 Å². The van der Waals surface area contributed by atoms with E-state index in [4.69, 9.17) is 5.11 Å². The first-order valence-electron chi connectivity index (χ1n) is 5.51. The van der Waals surface area contributed by atoms with Crippen molar-refractivity contribution in [2.24, 2.45) is 5.92 Å². The highest BCUT2D eigenvalue weighted by atomic mass is 19.1. The second kappa shape index (κ2) is 4.20. The molecule has 0 saturated heterocycles. The molecule has 1 N–H and O–H groups in total. The standard InChI is InChI=1S/C13H14FNO2/c1-8(2)7-15-6-5-9-3-4-10(13(16)17)11(14)12(9)15/h3-6,8H,7H2,1-2H3,(H,16,17). The van der Waals surface area contributed by atoms with Gasteiger partial charge in [0.25, 0.3) is 0 Å². The number of hydrogen-bond donors (Lipinski definition) is 1. The van der Waals surface area contributed by atoms with Crippen molar-refractivity contribution in [3.05, 3.63) is 35.8 Å². The summed E-state index contributed by atoms with van der Waals surface area (Å²) in [6.45, 7) is 4.74. The average molecular weight is 235 g/mol. The van der Waals surface area contributed by atoms with Gasteiger partial charge in [-0.25, -0.2) is 9.18 Å². The molecule has 0 aliphatic rings. The van der Waals surface area contributed by atoms with Gasteiger partial charge in [-0.3, -0.25) is 0 Å². The van der Waals surface area contributed by atoms with Crippen LogP contribution < -0.4 is 0 Å². The van der Waals surface area contributed by atoms with E-state index >= 15 is 0 Å². The van der Waals surface area contributed by atoms with Gasteiger partial charge in [0, 0.05) is 18.1 Å². The fourth-order valence-corrected chi connectivity index (χ4v) is 1.96. The lowest BCUT2D eigenvalue weighted by atomic mass is 10.1. The smallest absolute Gasteiger partial charge is 0.338 e. The predicted octanol–water partition coefficient (Wildman–Crippen LogP) is 3.13. The van der Waals surface area contributed by atoms with Gasteiger partial charge in [0.1, 0.15) is 0 Å². The molecule has 0 spiro atoms. The number of carbonyl (C=O) groups is 1. The largest absolute Gasteiger partial charge is 0.478 e. The molecular formula is C13H14FNO2. The minimum absolute atomic E-state index is 0.277. The Bertz CT molecular complexity index is 572. The lowest BCUT2D eigenvalue weighted by Gasteiger charge is -2.09. The Labute approximate surface area is 98.5 Å². The van der Waals surface area contributed by atoms with E-state index in [1.54, 1.807) is 22.9 Å². The van der Waals surface area contributed by atoms with E-state index < -0.39 is 11.8 Å². The lowest BCUT2D eigenvalue weighted by molar-refractivity contribution is 0.0692. The van der Waals surface area contributed by atoms with E-state index in [2.05, 4.69) is 0 Å². The molecule has 0 amide bonds. The van der Waals surface area contributed by atoms with E-state index in [0.29, 0.717) is 18.0 Å². The molecule has 1 heterocycles. The van der Waals surface area contributed by atoms with E-state index in [-0.39, 0.29) is 5.56 Å². The summed E-state index contributed by atoms with van der Waals surface area (Å²) in [5.41, 5.74) is 0.0970. The average Bonchev–Trinajstić information content (AvgIpc) is 2.61. The van der Waals surface area contributed by atoms with Gasteiger partial charge in [-0.15, -0.1) is 0 Å². The fraction of sp³-hybridized carbons (Fsp3) is 0.308. The summed E-state index contributed by atoms with van der Waals surface area (Å²) in [5.74, 6) is -1.51. The molecule has 17 heavy (non-hydrogen) atoms. The molecule has 0 radical (unpaired) electrons. The van der Waals surface area contributed by atoms with Crippen LogP contribution in [0.3, 0.4) is 0 Å². The van der Waals surface area contributed by atoms with Crippen LogP contribution in [0.4, 0.5) is 4.39 Å². The molecule has 1 aromatic heterocycles. The van der Waals surface area contributed by atoms with Crippen LogP contribution in [-0.2, 0) is 6.54 Å². The lowest BCUT2D eigenvalue weighted by Crippen LogP contribution is -2.06.